The molecule has 0 aliphatic carbocycles. The number of hydrogen-bond acceptors (Lipinski definition) is 8. The van der Waals surface area contributed by atoms with Gasteiger partial charge in [-0.05, 0) is 126 Å². The van der Waals surface area contributed by atoms with Crippen LogP contribution in [0.1, 0.15) is 25.5 Å². The molecule has 6 aromatic heterocycles. The summed E-state index contributed by atoms with van der Waals surface area (Å²) in [5, 5.41) is 11.4. The normalized spacial score (nSPS) is 11.5. The van der Waals surface area contributed by atoms with E-state index in [-0.39, 0.29) is 0 Å². The lowest BCUT2D eigenvalue weighted by Crippen LogP contribution is -1.99. The van der Waals surface area contributed by atoms with Gasteiger partial charge in [-0.15, -0.1) is 0 Å². The van der Waals surface area contributed by atoms with Crippen molar-refractivity contribution in [1.29, 1.82) is 0 Å². The summed E-state index contributed by atoms with van der Waals surface area (Å²) in [5.74, 6) is 3.42. The van der Waals surface area contributed by atoms with Gasteiger partial charge in [0.25, 0.3) is 0 Å². The highest BCUT2D eigenvalue weighted by molar-refractivity contribution is 6.21. The van der Waals surface area contributed by atoms with Crippen LogP contribution in [0.25, 0.3) is 222 Å². The molecule has 23 aromatic rings. The minimum Gasteiger partial charge on any atom is -0.296 e. The first kappa shape index (κ1) is 74.0. The summed E-state index contributed by atoms with van der Waals surface area (Å²) >= 11 is 0. The maximum absolute atomic E-state index is 5.34. The monoisotopic (exact) mass is 1590 g/mol. The summed E-state index contributed by atoms with van der Waals surface area (Å²) in [4.78, 5) is 42.0. The van der Waals surface area contributed by atoms with Crippen molar-refractivity contribution in [3.05, 3.63) is 424 Å². The predicted molar refractivity (Wildman–Crippen MR) is 512 cm³/mol. The van der Waals surface area contributed by atoms with Crippen molar-refractivity contribution in [3.8, 4) is 135 Å². The van der Waals surface area contributed by atoms with Gasteiger partial charge in [0, 0.05) is 90.3 Å². The summed E-state index contributed by atoms with van der Waals surface area (Å²) in [6.07, 6.45) is 1.62. The summed E-state index contributed by atoms with van der Waals surface area (Å²) in [6, 6.07) is 145. The summed E-state index contributed by atoms with van der Waals surface area (Å²) in [6.45, 7) is 4.34. The molecule has 584 valence electrons. The molecule has 0 atom stereocenters. The van der Waals surface area contributed by atoms with Crippen LogP contribution in [0.2, 0.25) is 0 Å². The molecule has 17 aromatic carbocycles. The topological polar surface area (TPSA) is 113 Å². The van der Waals surface area contributed by atoms with E-state index in [2.05, 4.69) is 411 Å². The Hall–Kier alpha value is -16.3. The van der Waals surface area contributed by atoms with E-state index in [1.165, 1.54) is 21.9 Å². The van der Waals surface area contributed by atoms with Gasteiger partial charge < -0.3 is 0 Å². The van der Waals surface area contributed by atoms with Gasteiger partial charge in [0.05, 0.1) is 67.3 Å². The van der Waals surface area contributed by atoms with E-state index in [0.717, 1.165) is 213 Å². The molecule has 0 saturated carbocycles. The second kappa shape index (κ2) is 31.8. The Morgan fingerprint density at radius 1 is 0.210 bits per heavy atom. The lowest BCUT2D eigenvalue weighted by atomic mass is 9.96. The van der Waals surface area contributed by atoms with Crippen LogP contribution >= 0.6 is 0 Å². The number of nitrogens with zero attached hydrogens (tertiary/aromatic N) is 10. The Morgan fingerprint density at radius 2 is 0.508 bits per heavy atom. The molecule has 10 heteroatoms. The molecule has 10 nitrogen and oxygen atoms in total. The molecule has 0 aliphatic heterocycles. The molecule has 0 aliphatic rings. The van der Waals surface area contributed by atoms with Gasteiger partial charge in [0.15, 0.2) is 11.6 Å². The highest BCUT2D eigenvalue weighted by Gasteiger charge is 2.24. The first-order chi connectivity index (χ1) is 61.4. The number of benzene rings is 17. The van der Waals surface area contributed by atoms with Crippen LogP contribution in [0.15, 0.2) is 413 Å². The van der Waals surface area contributed by atoms with Crippen LogP contribution in [0.4, 0.5) is 0 Å². The third kappa shape index (κ3) is 13.6. The molecule has 6 heterocycles. The minimum absolute atomic E-state index is 0.687. The van der Waals surface area contributed by atoms with Crippen LogP contribution in [0.5, 0.6) is 0 Å². The standard InChI is InChI=1S/C58H39N5.C56H39N5/c1-2-54-62-57-53(63(54)43-18-4-3-5-19-43)35-34-49-48-22-10-11-25-50(48)59-56(55(49)57)41-30-26-37(27-31-41)38-28-32-42(33-29-38)58-60-51(46-23-12-16-39-14-6-8-20-44(39)46)36-52(61-58)47-24-13-17-40-15-7-9-21-45(40)47;1-2-52-60-55-51(61(52)45-18-10-5-11-19-45)35-34-47-46-20-12-13-21-48(46)57-54(53(47)55)43-30-24-39(25-31-43)40-26-32-44(33-27-40)56-58-49(41-16-8-4-9-17-41)36-50(59-56)42-28-22-38(23-29-42)37-14-6-3-7-15-37/h3-36H,2H2,1H3;3-36H,2H2,1H3. The third-order valence-electron chi connectivity index (χ3n) is 24.0. The molecule has 0 radical (unpaired) electrons. The number of para-hydroxylation sites is 4. The zero-order valence-electron chi connectivity index (χ0n) is 68.1. The first-order valence-corrected chi connectivity index (χ1v) is 42.3. The molecule has 0 spiro atoms. The Morgan fingerprint density at radius 3 is 0.911 bits per heavy atom. The fourth-order valence-corrected chi connectivity index (χ4v) is 17.8. The Labute approximate surface area is 717 Å². The van der Waals surface area contributed by atoms with Crippen LogP contribution in [-0.2, 0) is 12.8 Å². The van der Waals surface area contributed by atoms with Gasteiger partial charge in [-0.1, -0.05) is 366 Å². The summed E-state index contributed by atoms with van der Waals surface area (Å²) < 4.78 is 4.57. The predicted octanol–water partition coefficient (Wildman–Crippen LogP) is 28.8. The van der Waals surface area contributed by atoms with E-state index in [0.29, 0.717) is 11.6 Å². The zero-order chi connectivity index (χ0) is 82.6. The minimum atomic E-state index is 0.687. The van der Waals surface area contributed by atoms with Crippen LogP contribution in [0, 0.1) is 0 Å². The molecule has 0 fully saturated rings. The maximum Gasteiger partial charge on any atom is 0.160 e. The van der Waals surface area contributed by atoms with Crippen molar-refractivity contribution < 1.29 is 0 Å². The average molecular weight is 1590 g/mol. The first-order valence-electron chi connectivity index (χ1n) is 42.3. The molecular formula is C114H78N10. The van der Waals surface area contributed by atoms with Gasteiger partial charge in [-0.2, -0.15) is 0 Å². The van der Waals surface area contributed by atoms with Crippen LogP contribution in [0.3, 0.4) is 0 Å². The summed E-state index contributed by atoms with van der Waals surface area (Å²) in [7, 11) is 0. The van der Waals surface area contributed by atoms with E-state index >= 15 is 0 Å². The number of aryl methyl sites for hydroxylation is 2. The van der Waals surface area contributed by atoms with Crippen molar-refractivity contribution in [2.24, 2.45) is 0 Å². The molecule has 23 rings (SSSR count). The molecule has 0 amide bonds. The van der Waals surface area contributed by atoms with Crippen molar-refractivity contribution >= 4 is 87.0 Å². The molecule has 0 unspecified atom stereocenters. The molecule has 124 heavy (non-hydrogen) atoms. The third-order valence-corrected chi connectivity index (χ3v) is 24.0. The highest BCUT2D eigenvalue weighted by Crippen LogP contribution is 2.44. The molecule has 0 N–H and O–H groups in total. The fraction of sp³-hybridized carbons (Fsp3) is 0.0351. The molecular weight excluding hydrogens is 1510 g/mol. The zero-order valence-corrected chi connectivity index (χ0v) is 68.1. The Balaban J connectivity index is 0.000000148. The number of aromatic nitrogens is 10. The van der Waals surface area contributed by atoms with E-state index in [4.69, 9.17) is 39.9 Å². The maximum atomic E-state index is 5.34. The number of fused-ring (bicyclic) bond motifs is 12. The smallest absolute Gasteiger partial charge is 0.160 e. The van der Waals surface area contributed by atoms with E-state index in [1.54, 1.807) is 0 Å². The van der Waals surface area contributed by atoms with Crippen LogP contribution in [-0.4, -0.2) is 49.0 Å². The summed E-state index contributed by atoms with van der Waals surface area (Å²) in [5.41, 5.74) is 28.7. The molecule has 0 saturated heterocycles. The number of rotatable bonds is 15. The Kier molecular flexibility index (Phi) is 19.0. The number of hydrogen-bond donors (Lipinski definition) is 0. The van der Waals surface area contributed by atoms with Gasteiger partial charge in [0.1, 0.15) is 11.6 Å². The van der Waals surface area contributed by atoms with Crippen molar-refractivity contribution in [3.63, 3.8) is 0 Å². The quantitative estimate of drug-likeness (QED) is 0.0933. The second-order valence-electron chi connectivity index (χ2n) is 31.4. The average Bonchev–Trinajstić information content (AvgIpc) is 1.51. The SMILES string of the molecule is CCc1nc2c3c(-c4ccc(-c5ccc(-c6nc(-c7cccc8ccccc78)cc(-c7cccc8ccccc78)n6)cc5)cc4)nc4ccccc4c3ccc2n1-c1ccccc1.CCc1nc2c3c(-c4ccc(-c5ccc(-c6nc(-c7ccccc7)cc(-c7ccc(-c8ccccc8)cc7)n6)cc5)cc4)nc4ccccc4c3ccc2n1-c1ccccc1. The van der Waals surface area contributed by atoms with Gasteiger partial charge in [0.2, 0.25) is 0 Å². The lowest BCUT2D eigenvalue weighted by molar-refractivity contribution is 0.908. The van der Waals surface area contributed by atoms with E-state index in [9.17, 15) is 0 Å². The highest BCUT2D eigenvalue weighted by atomic mass is 15.1. The number of pyridine rings is 2. The van der Waals surface area contributed by atoms with Crippen LogP contribution < -0.4 is 0 Å². The van der Waals surface area contributed by atoms with Crippen molar-refractivity contribution in [1.82, 2.24) is 49.0 Å². The van der Waals surface area contributed by atoms with Crippen molar-refractivity contribution in [2.45, 2.75) is 26.7 Å². The van der Waals surface area contributed by atoms with Gasteiger partial charge >= 0.3 is 0 Å². The van der Waals surface area contributed by atoms with E-state index in [1.807, 2.05) is 24.3 Å². The van der Waals surface area contributed by atoms with Gasteiger partial charge in [-0.3, -0.25) is 9.13 Å². The second-order valence-corrected chi connectivity index (χ2v) is 31.4. The van der Waals surface area contributed by atoms with E-state index < -0.39 is 0 Å². The van der Waals surface area contributed by atoms with Crippen molar-refractivity contribution in [2.75, 3.05) is 0 Å². The fourth-order valence-electron chi connectivity index (χ4n) is 17.8. The lowest BCUT2D eigenvalue weighted by Gasteiger charge is -2.13. The van der Waals surface area contributed by atoms with Gasteiger partial charge in [-0.25, -0.2) is 39.9 Å². The molecule has 0 bridgehead atoms. The largest absolute Gasteiger partial charge is 0.296 e. The Bertz CT molecular complexity index is 7890. The number of imidazole rings is 2.